The van der Waals surface area contributed by atoms with Crippen LogP contribution in [-0.2, 0) is 6.42 Å². The van der Waals surface area contributed by atoms with Gasteiger partial charge >= 0.3 is 0 Å². The molecule has 0 aliphatic heterocycles. The first kappa shape index (κ1) is 28.8. The summed E-state index contributed by atoms with van der Waals surface area (Å²) in [4.78, 5) is 18.8. The maximum atomic E-state index is 10.8. The van der Waals surface area contributed by atoms with E-state index in [-0.39, 0.29) is 5.92 Å². The van der Waals surface area contributed by atoms with Crippen LogP contribution in [0.3, 0.4) is 0 Å². The number of fused-ring (bicyclic) bond motifs is 1. The van der Waals surface area contributed by atoms with Crippen LogP contribution in [0.15, 0.2) is 79.5 Å². The van der Waals surface area contributed by atoms with Crippen molar-refractivity contribution in [2.45, 2.75) is 62.9 Å². The number of hydrogen-bond acceptors (Lipinski definition) is 9. The Labute approximate surface area is 250 Å². The number of aliphatic hydroxyl groups is 2. The van der Waals surface area contributed by atoms with E-state index in [1.54, 1.807) is 6.33 Å². The van der Waals surface area contributed by atoms with Crippen molar-refractivity contribution in [3.63, 3.8) is 0 Å². The highest BCUT2D eigenvalue weighted by molar-refractivity contribution is 5.84. The van der Waals surface area contributed by atoms with Crippen molar-refractivity contribution in [3.05, 3.63) is 96.3 Å². The summed E-state index contributed by atoms with van der Waals surface area (Å²) >= 11 is 0. The van der Waals surface area contributed by atoms with Gasteiger partial charge in [0, 0.05) is 43.7 Å². The SMILES string of the molecule is CC(C)n1cnc(CCNc2nc(NCC(c3ccccc3)c3ccccc3)c3ncn([C@@H]4C[C@H](N)[C@@H](O)[C@H]4O)c3n2)c1. The molecule has 3 heterocycles. The lowest BCUT2D eigenvalue weighted by Crippen LogP contribution is -2.35. The topological polar surface area (TPSA) is 152 Å². The average Bonchev–Trinajstić information content (AvgIpc) is 3.73. The van der Waals surface area contributed by atoms with E-state index in [1.807, 2.05) is 47.3 Å². The fourth-order valence-corrected chi connectivity index (χ4v) is 5.77. The third-order valence-corrected chi connectivity index (χ3v) is 8.27. The van der Waals surface area contributed by atoms with Gasteiger partial charge in [0.25, 0.3) is 0 Å². The number of hydrogen-bond donors (Lipinski definition) is 5. The smallest absolute Gasteiger partial charge is 0.226 e. The van der Waals surface area contributed by atoms with Crippen molar-refractivity contribution in [3.8, 4) is 0 Å². The van der Waals surface area contributed by atoms with Crippen molar-refractivity contribution in [2.24, 2.45) is 5.73 Å². The van der Waals surface area contributed by atoms with E-state index in [4.69, 9.17) is 15.7 Å². The molecule has 4 atom stereocenters. The van der Waals surface area contributed by atoms with Gasteiger partial charge in [-0.05, 0) is 31.4 Å². The van der Waals surface area contributed by atoms with Gasteiger partial charge in [0.2, 0.25) is 5.95 Å². The maximum absolute atomic E-state index is 10.8. The zero-order valence-electron chi connectivity index (χ0n) is 24.5. The van der Waals surface area contributed by atoms with Crippen molar-refractivity contribution in [1.82, 2.24) is 29.1 Å². The number of aromatic nitrogens is 6. The summed E-state index contributed by atoms with van der Waals surface area (Å²) < 4.78 is 3.89. The summed E-state index contributed by atoms with van der Waals surface area (Å²) in [6.45, 7) is 5.41. The molecular formula is C32H39N9O2. The fraction of sp³-hybridized carbons (Fsp3) is 0.375. The van der Waals surface area contributed by atoms with Crippen LogP contribution < -0.4 is 16.4 Å². The van der Waals surface area contributed by atoms with Crippen molar-refractivity contribution in [1.29, 1.82) is 0 Å². The molecule has 6 rings (SSSR count). The third kappa shape index (κ3) is 6.10. The number of benzene rings is 2. The average molecular weight is 582 g/mol. The van der Waals surface area contributed by atoms with Gasteiger partial charge in [-0.1, -0.05) is 60.7 Å². The van der Waals surface area contributed by atoms with E-state index in [9.17, 15) is 10.2 Å². The number of nitrogens with two attached hydrogens (primary N) is 1. The van der Waals surface area contributed by atoms with E-state index < -0.39 is 24.3 Å². The van der Waals surface area contributed by atoms with Crippen LogP contribution in [0.1, 0.15) is 55.1 Å². The summed E-state index contributed by atoms with van der Waals surface area (Å²) in [5.41, 5.74) is 10.6. The second kappa shape index (κ2) is 12.5. The van der Waals surface area contributed by atoms with E-state index in [0.29, 0.717) is 54.9 Å². The first-order valence-electron chi connectivity index (χ1n) is 14.8. The molecule has 0 saturated heterocycles. The van der Waals surface area contributed by atoms with E-state index in [0.717, 1.165) is 5.69 Å². The molecule has 6 N–H and O–H groups in total. The number of aliphatic hydroxyl groups excluding tert-OH is 2. The number of rotatable bonds is 11. The Morgan fingerprint density at radius 1 is 0.907 bits per heavy atom. The Balaban J connectivity index is 1.30. The van der Waals surface area contributed by atoms with Crippen LogP contribution in [0.4, 0.5) is 11.8 Å². The quantitative estimate of drug-likeness (QED) is 0.158. The molecular weight excluding hydrogens is 542 g/mol. The molecule has 43 heavy (non-hydrogen) atoms. The zero-order valence-corrected chi connectivity index (χ0v) is 24.5. The standard InChI is InChI=1S/C32H39N9O2/c1-20(2)40-17-23(36-18-40)13-14-34-32-38-30(27-31(39-32)41(19-37-27)26-15-25(33)28(42)29(26)43)35-16-24(21-9-5-3-6-10-21)22-11-7-4-8-12-22/h3-12,17-20,24-26,28-29,42-43H,13-16,33H2,1-2H3,(H2,34,35,38,39)/t25-,26+,28+,29-/m0/s1. The Morgan fingerprint density at radius 3 is 2.21 bits per heavy atom. The normalized spacial score (nSPS) is 20.3. The predicted molar refractivity (Wildman–Crippen MR) is 167 cm³/mol. The molecule has 224 valence electrons. The molecule has 0 spiro atoms. The lowest BCUT2D eigenvalue weighted by atomic mass is 9.91. The number of nitrogens with zero attached hydrogens (tertiary/aromatic N) is 6. The van der Waals surface area contributed by atoms with Crippen LogP contribution >= 0.6 is 0 Å². The first-order chi connectivity index (χ1) is 20.9. The van der Waals surface area contributed by atoms with Crippen LogP contribution in [0.5, 0.6) is 0 Å². The van der Waals surface area contributed by atoms with Crippen molar-refractivity contribution in [2.75, 3.05) is 23.7 Å². The van der Waals surface area contributed by atoms with Gasteiger partial charge in [-0.25, -0.2) is 9.97 Å². The van der Waals surface area contributed by atoms with Crippen LogP contribution in [0.25, 0.3) is 11.2 Å². The monoisotopic (exact) mass is 581 g/mol. The van der Waals surface area contributed by atoms with Gasteiger partial charge in [0.05, 0.1) is 30.5 Å². The highest BCUT2D eigenvalue weighted by Gasteiger charge is 2.41. The van der Waals surface area contributed by atoms with Crippen molar-refractivity contribution < 1.29 is 10.2 Å². The molecule has 0 radical (unpaired) electrons. The lowest BCUT2D eigenvalue weighted by Gasteiger charge is -2.20. The predicted octanol–water partition coefficient (Wildman–Crippen LogP) is 3.50. The van der Waals surface area contributed by atoms with Gasteiger partial charge in [-0.15, -0.1) is 0 Å². The highest BCUT2D eigenvalue weighted by Crippen LogP contribution is 2.34. The zero-order chi connectivity index (χ0) is 29.9. The molecule has 1 saturated carbocycles. The first-order valence-corrected chi connectivity index (χ1v) is 14.8. The summed E-state index contributed by atoms with van der Waals surface area (Å²) in [7, 11) is 0. The fourth-order valence-electron chi connectivity index (χ4n) is 5.77. The van der Waals surface area contributed by atoms with Crippen molar-refractivity contribution >= 4 is 22.9 Å². The number of imidazole rings is 2. The van der Waals surface area contributed by atoms with Gasteiger partial charge in [-0.2, -0.15) is 9.97 Å². The molecule has 2 aromatic carbocycles. The Kier molecular flexibility index (Phi) is 8.37. The molecule has 0 unspecified atom stereocenters. The summed E-state index contributed by atoms with van der Waals surface area (Å²) in [5.74, 6) is 1.10. The maximum Gasteiger partial charge on any atom is 0.226 e. The number of nitrogens with one attached hydrogen (secondary N) is 2. The van der Waals surface area contributed by atoms with Gasteiger partial charge in [0.1, 0.15) is 6.10 Å². The molecule has 1 aliphatic rings. The molecule has 0 bridgehead atoms. The van der Waals surface area contributed by atoms with Crippen LogP contribution in [-0.4, -0.2) is 70.6 Å². The van der Waals surface area contributed by atoms with Gasteiger partial charge in [0.15, 0.2) is 17.0 Å². The molecule has 0 amide bonds. The van der Waals surface area contributed by atoms with E-state index in [2.05, 4.69) is 69.5 Å². The molecule has 1 aliphatic carbocycles. The molecule has 1 fully saturated rings. The second-order valence-corrected chi connectivity index (χ2v) is 11.5. The minimum absolute atomic E-state index is 0.0757. The molecule has 11 nitrogen and oxygen atoms in total. The summed E-state index contributed by atoms with van der Waals surface area (Å²) in [6.07, 6.45) is 4.64. The summed E-state index contributed by atoms with van der Waals surface area (Å²) in [6, 6.07) is 20.1. The molecule has 3 aromatic heterocycles. The third-order valence-electron chi connectivity index (χ3n) is 8.27. The highest BCUT2D eigenvalue weighted by atomic mass is 16.3. The van der Waals surface area contributed by atoms with E-state index in [1.165, 1.54) is 11.1 Å². The Morgan fingerprint density at radius 2 is 1.60 bits per heavy atom. The largest absolute Gasteiger partial charge is 0.389 e. The van der Waals surface area contributed by atoms with Crippen LogP contribution in [0, 0.1) is 0 Å². The number of anilines is 2. The van der Waals surface area contributed by atoms with E-state index >= 15 is 0 Å². The summed E-state index contributed by atoms with van der Waals surface area (Å²) in [5, 5.41) is 28.1. The molecule has 5 aromatic rings. The minimum Gasteiger partial charge on any atom is -0.389 e. The van der Waals surface area contributed by atoms with Crippen LogP contribution in [0.2, 0.25) is 0 Å². The Bertz CT molecular complexity index is 1600. The van der Waals surface area contributed by atoms with Gasteiger partial charge in [-0.3, -0.25) is 0 Å². The lowest BCUT2D eigenvalue weighted by molar-refractivity contribution is 0.0187. The Hall–Kier alpha value is -4.32. The second-order valence-electron chi connectivity index (χ2n) is 11.5. The van der Waals surface area contributed by atoms with Gasteiger partial charge < -0.3 is 35.7 Å². The molecule has 11 heteroatoms. The minimum atomic E-state index is -1.02.